The van der Waals surface area contributed by atoms with E-state index < -0.39 is 24.7 Å². The quantitative estimate of drug-likeness (QED) is 0.340. The Hall–Kier alpha value is 0.151. The maximum absolute atomic E-state index is 3.98. The van der Waals surface area contributed by atoms with Gasteiger partial charge in [-0.05, 0) is 25.6 Å². The molecule has 22 heavy (non-hydrogen) atoms. The van der Waals surface area contributed by atoms with Crippen molar-refractivity contribution in [1.29, 1.82) is 0 Å². The van der Waals surface area contributed by atoms with Crippen molar-refractivity contribution in [2.45, 2.75) is 84.6 Å². The molecule has 0 saturated carbocycles. The maximum atomic E-state index is 3.98. The summed E-state index contributed by atoms with van der Waals surface area (Å²) < 4.78 is 5.42. The first kappa shape index (κ1) is 22.2. The van der Waals surface area contributed by atoms with Crippen molar-refractivity contribution in [2.24, 2.45) is 0 Å². The monoisotopic (exact) mass is 358 g/mol. The number of unbranched alkanes of at least 4 members (excludes halogenated alkanes) is 3. The van der Waals surface area contributed by atoms with Gasteiger partial charge in [0.05, 0.1) is 0 Å². The predicted octanol–water partition coefficient (Wildman–Crippen LogP) is 5.80. The zero-order valence-corrected chi connectivity index (χ0v) is 19.9. The largest absolute Gasteiger partial charge is 0.404 e. The molecular formula is C17H42N2Si3. The molecule has 0 aromatic carbocycles. The molecule has 0 aliphatic heterocycles. The zero-order chi connectivity index (χ0) is 17.6. The molecule has 0 aromatic rings. The molecule has 0 radical (unpaired) electrons. The molecule has 0 bridgehead atoms. The molecule has 0 unspecified atom stereocenters. The van der Waals surface area contributed by atoms with Gasteiger partial charge in [-0.3, -0.25) is 0 Å². The molecule has 0 aliphatic carbocycles. The van der Waals surface area contributed by atoms with Crippen LogP contribution in [0.3, 0.4) is 0 Å². The van der Waals surface area contributed by atoms with Crippen LogP contribution in [0, 0.1) is 0 Å². The van der Waals surface area contributed by atoms with Crippen LogP contribution in [-0.2, 0) is 0 Å². The van der Waals surface area contributed by atoms with Crippen molar-refractivity contribution in [3.63, 3.8) is 0 Å². The van der Waals surface area contributed by atoms with E-state index in [1.807, 2.05) is 0 Å². The van der Waals surface area contributed by atoms with E-state index in [0.717, 1.165) is 0 Å². The molecule has 0 spiro atoms. The SMILES string of the molecule is C=CN(CCCCCCN([Si](C)(C)C)[Si](C)(C)C)[Si](C)(C)C. The molecule has 0 amide bonds. The fourth-order valence-electron chi connectivity index (χ4n) is 3.28. The van der Waals surface area contributed by atoms with Crippen molar-refractivity contribution in [1.82, 2.24) is 8.80 Å². The maximum Gasteiger partial charge on any atom is 0.146 e. The molecular weight excluding hydrogens is 316 g/mol. The fourth-order valence-corrected chi connectivity index (χ4v) is 14.4. The smallest absolute Gasteiger partial charge is 0.146 e. The Morgan fingerprint density at radius 2 is 1.05 bits per heavy atom. The molecule has 0 aromatic heterocycles. The van der Waals surface area contributed by atoms with Gasteiger partial charge < -0.3 is 8.80 Å². The Balaban J connectivity index is 4.10. The molecule has 0 aliphatic rings. The van der Waals surface area contributed by atoms with Gasteiger partial charge in [0.1, 0.15) is 24.7 Å². The lowest BCUT2D eigenvalue weighted by atomic mass is 10.2. The summed E-state index contributed by atoms with van der Waals surface area (Å²) in [6.45, 7) is 28.7. The van der Waals surface area contributed by atoms with Crippen LogP contribution in [0.15, 0.2) is 12.8 Å². The zero-order valence-electron chi connectivity index (χ0n) is 16.9. The summed E-state index contributed by atoms with van der Waals surface area (Å²) in [4.78, 5) is 0. The third kappa shape index (κ3) is 8.70. The summed E-state index contributed by atoms with van der Waals surface area (Å²) >= 11 is 0. The van der Waals surface area contributed by atoms with Gasteiger partial charge in [-0.2, -0.15) is 0 Å². The van der Waals surface area contributed by atoms with E-state index in [9.17, 15) is 0 Å². The second kappa shape index (κ2) is 8.85. The first-order valence-corrected chi connectivity index (χ1v) is 19.3. The number of nitrogens with zero attached hydrogens (tertiary/aromatic N) is 2. The summed E-state index contributed by atoms with van der Waals surface area (Å²) in [5, 5.41) is 0. The highest BCUT2D eigenvalue weighted by atomic mass is 28.4. The van der Waals surface area contributed by atoms with Crippen molar-refractivity contribution in [2.75, 3.05) is 13.1 Å². The minimum atomic E-state index is -1.20. The molecule has 5 heteroatoms. The summed E-state index contributed by atoms with van der Waals surface area (Å²) in [7, 11) is -3.52. The van der Waals surface area contributed by atoms with Crippen LogP contribution < -0.4 is 0 Å². The Kier molecular flexibility index (Phi) is 8.91. The first-order chi connectivity index (χ1) is 9.80. The van der Waals surface area contributed by atoms with Gasteiger partial charge in [-0.1, -0.05) is 78.3 Å². The highest BCUT2D eigenvalue weighted by Gasteiger charge is 2.33. The fraction of sp³-hybridized carbons (Fsp3) is 0.882. The van der Waals surface area contributed by atoms with Gasteiger partial charge in [0.15, 0.2) is 0 Å². The van der Waals surface area contributed by atoms with Gasteiger partial charge in [0, 0.05) is 6.54 Å². The second-order valence-electron chi connectivity index (χ2n) is 9.45. The summed E-state index contributed by atoms with van der Waals surface area (Å²) in [6.07, 6.45) is 7.48. The van der Waals surface area contributed by atoms with Gasteiger partial charge >= 0.3 is 0 Å². The average Bonchev–Trinajstić information content (AvgIpc) is 2.27. The summed E-state index contributed by atoms with van der Waals surface area (Å²) in [5.41, 5.74) is 0. The third-order valence-corrected chi connectivity index (χ3v) is 14.1. The minimum absolute atomic E-state index is 1.16. The molecule has 0 heterocycles. The topological polar surface area (TPSA) is 6.48 Å². The van der Waals surface area contributed by atoms with Crippen LogP contribution in [0.1, 0.15) is 25.7 Å². The van der Waals surface area contributed by atoms with E-state index in [4.69, 9.17) is 0 Å². The third-order valence-electron chi connectivity index (χ3n) is 4.23. The van der Waals surface area contributed by atoms with E-state index >= 15 is 0 Å². The second-order valence-corrected chi connectivity index (χ2v) is 24.6. The first-order valence-electron chi connectivity index (χ1n) is 8.97. The van der Waals surface area contributed by atoms with Crippen molar-refractivity contribution in [3.05, 3.63) is 12.8 Å². The number of hydrogen-bond acceptors (Lipinski definition) is 2. The Bertz CT molecular complexity index is 310. The number of hydrogen-bond donors (Lipinski definition) is 0. The standard InChI is InChI=1S/C17H42N2Si3/c1-11-18(20(2,3)4)16-14-12-13-15-17-19(21(5,6)7)22(8,9)10/h11H,1,12-17H2,2-10H3. The van der Waals surface area contributed by atoms with E-state index in [2.05, 4.69) is 80.5 Å². The van der Waals surface area contributed by atoms with Crippen LogP contribution in [0.5, 0.6) is 0 Å². The van der Waals surface area contributed by atoms with E-state index in [1.54, 1.807) is 0 Å². The number of rotatable bonds is 11. The van der Waals surface area contributed by atoms with Gasteiger partial charge in [0.25, 0.3) is 0 Å². The molecule has 2 nitrogen and oxygen atoms in total. The molecule has 0 rings (SSSR count). The molecule has 132 valence electrons. The Morgan fingerprint density at radius 1 is 0.636 bits per heavy atom. The van der Waals surface area contributed by atoms with Crippen molar-refractivity contribution < 1.29 is 0 Å². The lowest BCUT2D eigenvalue weighted by Crippen LogP contribution is -2.59. The Morgan fingerprint density at radius 3 is 1.36 bits per heavy atom. The Labute approximate surface area is 144 Å². The van der Waals surface area contributed by atoms with Crippen molar-refractivity contribution >= 4 is 24.7 Å². The van der Waals surface area contributed by atoms with E-state index in [1.165, 1.54) is 38.8 Å². The van der Waals surface area contributed by atoms with Crippen LogP contribution >= 0.6 is 0 Å². The normalized spacial score (nSPS) is 13.5. The minimum Gasteiger partial charge on any atom is -0.404 e. The van der Waals surface area contributed by atoms with Crippen LogP contribution in [0.4, 0.5) is 0 Å². The van der Waals surface area contributed by atoms with Crippen LogP contribution in [0.25, 0.3) is 0 Å². The highest BCUT2D eigenvalue weighted by molar-refractivity contribution is 6.89. The molecule has 0 saturated heterocycles. The predicted molar refractivity (Wildman–Crippen MR) is 112 cm³/mol. The molecule has 0 N–H and O–H groups in total. The van der Waals surface area contributed by atoms with Gasteiger partial charge in [-0.15, -0.1) is 0 Å². The van der Waals surface area contributed by atoms with Crippen LogP contribution in [0.2, 0.25) is 58.9 Å². The lowest BCUT2D eigenvalue weighted by molar-refractivity contribution is 0.492. The van der Waals surface area contributed by atoms with Crippen LogP contribution in [-0.4, -0.2) is 46.6 Å². The molecule has 0 atom stereocenters. The van der Waals surface area contributed by atoms with Gasteiger partial charge in [0.2, 0.25) is 0 Å². The van der Waals surface area contributed by atoms with Crippen molar-refractivity contribution in [3.8, 4) is 0 Å². The van der Waals surface area contributed by atoms with E-state index in [-0.39, 0.29) is 0 Å². The lowest BCUT2D eigenvalue weighted by Gasteiger charge is -2.43. The molecule has 0 fully saturated rings. The average molecular weight is 359 g/mol. The summed E-state index contributed by atoms with van der Waals surface area (Å²) in [5.74, 6) is 0. The highest BCUT2D eigenvalue weighted by Crippen LogP contribution is 2.21. The summed E-state index contributed by atoms with van der Waals surface area (Å²) in [6, 6.07) is 0. The van der Waals surface area contributed by atoms with Gasteiger partial charge in [-0.25, -0.2) is 0 Å². The van der Waals surface area contributed by atoms with E-state index in [0.29, 0.717) is 0 Å².